The maximum Gasteiger partial charge on any atom is -0.0152 e. The quantitative estimate of drug-likeness (QED) is 0.692. The first kappa shape index (κ1) is 10.7. The standard InChI is InChI=1S/C13H13.H2O/c1-2-6-11-8-5-9-12-7-3-4-10-13(11)12;/h3-5,7-10H,1-2,6H2;1H2. The molecule has 0 aliphatic heterocycles. The molecule has 1 radical (unpaired) electrons. The largest absolute Gasteiger partial charge is 0.412 e. The van der Waals surface area contributed by atoms with Crippen LogP contribution in [0.2, 0.25) is 0 Å². The van der Waals surface area contributed by atoms with Gasteiger partial charge in [0.05, 0.1) is 0 Å². The van der Waals surface area contributed by atoms with E-state index in [1.54, 1.807) is 0 Å². The Kier molecular flexibility index (Phi) is 3.66. The Morgan fingerprint density at radius 2 is 1.64 bits per heavy atom. The normalized spacial score (nSPS) is 9.79. The van der Waals surface area contributed by atoms with Gasteiger partial charge in [0.2, 0.25) is 0 Å². The van der Waals surface area contributed by atoms with E-state index in [-0.39, 0.29) is 5.48 Å². The molecule has 1 heteroatoms. The van der Waals surface area contributed by atoms with E-state index in [2.05, 4.69) is 49.4 Å². The fourth-order valence-electron chi connectivity index (χ4n) is 1.70. The molecule has 0 bridgehead atoms. The zero-order valence-electron chi connectivity index (χ0n) is 8.16. The summed E-state index contributed by atoms with van der Waals surface area (Å²) < 4.78 is 0. The van der Waals surface area contributed by atoms with Crippen LogP contribution in [-0.4, -0.2) is 5.48 Å². The van der Waals surface area contributed by atoms with E-state index in [1.165, 1.54) is 16.3 Å². The van der Waals surface area contributed by atoms with E-state index in [0.717, 1.165) is 12.8 Å². The molecular formula is C13H15O. The fourth-order valence-corrected chi connectivity index (χ4v) is 1.70. The molecular weight excluding hydrogens is 172 g/mol. The molecule has 14 heavy (non-hydrogen) atoms. The lowest BCUT2D eigenvalue weighted by molar-refractivity contribution is 0.824. The highest BCUT2D eigenvalue weighted by Crippen LogP contribution is 2.19. The minimum absolute atomic E-state index is 0. The molecule has 0 aliphatic rings. The molecule has 0 saturated carbocycles. The summed E-state index contributed by atoms with van der Waals surface area (Å²) in [4.78, 5) is 0. The highest BCUT2D eigenvalue weighted by Gasteiger charge is 1.97. The third-order valence-electron chi connectivity index (χ3n) is 2.33. The van der Waals surface area contributed by atoms with Gasteiger partial charge in [-0.2, -0.15) is 0 Å². The predicted molar refractivity (Wildman–Crippen MR) is 61.2 cm³/mol. The van der Waals surface area contributed by atoms with E-state index < -0.39 is 0 Å². The summed E-state index contributed by atoms with van der Waals surface area (Å²) in [6, 6.07) is 15.0. The third-order valence-corrected chi connectivity index (χ3v) is 2.33. The van der Waals surface area contributed by atoms with Gasteiger partial charge in [-0.05, 0) is 29.2 Å². The first-order valence-electron chi connectivity index (χ1n) is 4.67. The number of rotatable bonds is 2. The third kappa shape index (κ3) is 1.94. The van der Waals surface area contributed by atoms with Crippen molar-refractivity contribution in [1.82, 2.24) is 0 Å². The fraction of sp³-hybridized carbons (Fsp3) is 0.154. The van der Waals surface area contributed by atoms with Crippen LogP contribution in [-0.2, 0) is 6.42 Å². The highest BCUT2D eigenvalue weighted by molar-refractivity contribution is 5.85. The summed E-state index contributed by atoms with van der Waals surface area (Å²) >= 11 is 0. The van der Waals surface area contributed by atoms with Crippen LogP contribution in [0.15, 0.2) is 42.5 Å². The maximum absolute atomic E-state index is 3.89. The average molecular weight is 187 g/mol. The molecule has 2 aromatic carbocycles. The predicted octanol–water partition coefficient (Wildman–Crippen LogP) is 2.78. The summed E-state index contributed by atoms with van der Waals surface area (Å²) in [6.45, 7) is 3.89. The van der Waals surface area contributed by atoms with Gasteiger partial charge in [0, 0.05) is 0 Å². The van der Waals surface area contributed by atoms with Crippen LogP contribution in [0.4, 0.5) is 0 Å². The Hall–Kier alpha value is -1.34. The van der Waals surface area contributed by atoms with E-state index in [4.69, 9.17) is 0 Å². The molecule has 0 spiro atoms. The molecule has 0 aromatic heterocycles. The van der Waals surface area contributed by atoms with Gasteiger partial charge in [0.25, 0.3) is 0 Å². The molecule has 0 saturated heterocycles. The van der Waals surface area contributed by atoms with Crippen LogP contribution in [0, 0.1) is 6.92 Å². The molecule has 73 valence electrons. The second kappa shape index (κ2) is 4.77. The molecule has 2 N–H and O–H groups in total. The van der Waals surface area contributed by atoms with Crippen molar-refractivity contribution in [1.29, 1.82) is 0 Å². The Morgan fingerprint density at radius 3 is 2.43 bits per heavy atom. The lowest BCUT2D eigenvalue weighted by atomic mass is 10.0. The highest BCUT2D eigenvalue weighted by atomic mass is 16.0. The van der Waals surface area contributed by atoms with Gasteiger partial charge >= 0.3 is 0 Å². The van der Waals surface area contributed by atoms with Gasteiger partial charge in [0.15, 0.2) is 0 Å². The monoisotopic (exact) mass is 187 g/mol. The zero-order valence-corrected chi connectivity index (χ0v) is 8.16. The molecule has 1 nitrogen and oxygen atoms in total. The van der Waals surface area contributed by atoms with E-state index in [0.29, 0.717) is 0 Å². The van der Waals surface area contributed by atoms with Crippen LogP contribution < -0.4 is 0 Å². The minimum Gasteiger partial charge on any atom is -0.412 e. The maximum atomic E-state index is 3.89. The van der Waals surface area contributed by atoms with Crippen molar-refractivity contribution in [2.24, 2.45) is 0 Å². The van der Waals surface area contributed by atoms with Crippen LogP contribution in [0.5, 0.6) is 0 Å². The summed E-state index contributed by atoms with van der Waals surface area (Å²) in [5.41, 5.74) is 1.41. The van der Waals surface area contributed by atoms with Crippen molar-refractivity contribution in [3.63, 3.8) is 0 Å². The second-order valence-corrected chi connectivity index (χ2v) is 3.24. The SMILES string of the molecule is O.[CH2]CCc1cccc2ccccc12. The Labute approximate surface area is 84.7 Å². The van der Waals surface area contributed by atoms with Crippen molar-refractivity contribution in [2.45, 2.75) is 12.8 Å². The van der Waals surface area contributed by atoms with E-state index in [9.17, 15) is 0 Å². The first-order chi connectivity index (χ1) is 6.42. The topological polar surface area (TPSA) is 31.5 Å². The molecule has 0 amide bonds. The van der Waals surface area contributed by atoms with Gasteiger partial charge in [0.1, 0.15) is 0 Å². The van der Waals surface area contributed by atoms with Crippen LogP contribution >= 0.6 is 0 Å². The minimum atomic E-state index is 0. The average Bonchev–Trinajstić information content (AvgIpc) is 2.19. The molecule has 0 heterocycles. The second-order valence-electron chi connectivity index (χ2n) is 3.24. The molecule has 0 unspecified atom stereocenters. The number of hydrogen-bond acceptors (Lipinski definition) is 0. The van der Waals surface area contributed by atoms with E-state index in [1.807, 2.05) is 0 Å². The van der Waals surface area contributed by atoms with Gasteiger partial charge in [-0.1, -0.05) is 49.4 Å². The summed E-state index contributed by atoms with van der Waals surface area (Å²) in [7, 11) is 0. The van der Waals surface area contributed by atoms with Crippen molar-refractivity contribution in [2.75, 3.05) is 0 Å². The number of aryl methyl sites for hydroxylation is 1. The van der Waals surface area contributed by atoms with Crippen molar-refractivity contribution in [3.8, 4) is 0 Å². The molecule has 0 atom stereocenters. The molecule has 2 aromatic rings. The van der Waals surface area contributed by atoms with Crippen LogP contribution in [0.1, 0.15) is 12.0 Å². The van der Waals surface area contributed by atoms with Crippen molar-refractivity contribution >= 4 is 10.8 Å². The van der Waals surface area contributed by atoms with Gasteiger partial charge < -0.3 is 5.48 Å². The lowest BCUT2D eigenvalue weighted by Crippen LogP contribution is -1.84. The molecule has 0 aliphatic carbocycles. The number of hydrogen-bond donors (Lipinski definition) is 0. The van der Waals surface area contributed by atoms with Gasteiger partial charge in [-0.25, -0.2) is 0 Å². The molecule has 2 rings (SSSR count). The Morgan fingerprint density at radius 1 is 0.929 bits per heavy atom. The summed E-state index contributed by atoms with van der Waals surface area (Å²) in [5, 5.41) is 2.70. The number of benzene rings is 2. The lowest BCUT2D eigenvalue weighted by Gasteiger charge is -2.03. The zero-order chi connectivity index (χ0) is 9.10. The Bertz CT molecular complexity index is 401. The van der Waals surface area contributed by atoms with Gasteiger partial charge in [-0.15, -0.1) is 0 Å². The summed E-state index contributed by atoms with van der Waals surface area (Å²) in [6.07, 6.45) is 2.04. The smallest absolute Gasteiger partial charge is 0.0152 e. The van der Waals surface area contributed by atoms with E-state index >= 15 is 0 Å². The van der Waals surface area contributed by atoms with Crippen molar-refractivity contribution in [3.05, 3.63) is 55.0 Å². The first-order valence-corrected chi connectivity index (χ1v) is 4.67. The van der Waals surface area contributed by atoms with Crippen LogP contribution in [0.25, 0.3) is 10.8 Å². The Balaban J connectivity index is 0.000000980. The number of fused-ring (bicyclic) bond motifs is 1. The van der Waals surface area contributed by atoms with Crippen LogP contribution in [0.3, 0.4) is 0 Å². The van der Waals surface area contributed by atoms with Gasteiger partial charge in [-0.3, -0.25) is 0 Å². The van der Waals surface area contributed by atoms with Crippen molar-refractivity contribution < 1.29 is 5.48 Å². The summed E-state index contributed by atoms with van der Waals surface area (Å²) in [5.74, 6) is 0. The molecule has 0 fully saturated rings.